The van der Waals surface area contributed by atoms with Crippen molar-refractivity contribution in [1.29, 1.82) is 0 Å². The molecule has 1 aliphatic carbocycles. The van der Waals surface area contributed by atoms with E-state index in [1.165, 1.54) is 19.3 Å². The Hall–Kier alpha value is -1.22. The van der Waals surface area contributed by atoms with Gasteiger partial charge in [0.25, 0.3) is 0 Å². The topological polar surface area (TPSA) is 41.1 Å². The molecule has 2 atom stereocenters. The standard InChI is InChI=1S/C15H21ClN2O/c1-11-6-2-5-9-14(11)18-15(19)17-10-12-7-3-4-8-13(12)16/h3-4,7-8,11,14H,2,5-6,9-10H2,1H3,(H2,17,18,19). The van der Waals surface area contributed by atoms with Crippen LogP contribution < -0.4 is 10.6 Å². The molecule has 1 aliphatic rings. The Morgan fingerprint density at radius 3 is 2.79 bits per heavy atom. The van der Waals surface area contributed by atoms with Crippen molar-refractivity contribution < 1.29 is 4.79 Å². The molecular formula is C15H21ClN2O. The van der Waals surface area contributed by atoms with Crippen LogP contribution in [-0.4, -0.2) is 12.1 Å². The van der Waals surface area contributed by atoms with E-state index in [9.17, 15) is 4.79 Å². The van der Waals surface area contributed by atoms with Gasteiger partial charge in [0, 0.05) is 17.6 Å². The van der Waals surface area contributed by atoms with E-state index in [1.807, 2.05) is 24.3 Å². The lowest BCUT2D eigenvalue weighted by Gasteiger charge is -2.29. The van der Waals surface area contributed by atoms with Gasteiger partial charge in [-0.25, -0.2) is 4.79 Å². The monoisotopic (exact) mass is 280 g/mol. The van der Waals surface area contributed by atoms with Crippen molar-refractivity contribution >= 4 is 17.6 Å². The summed E-state index contributed by atoms with van der Waals surface area (Å²) in [5.74, 6) is 0.569. The van der Waals surface area contributed by atoms with Crippen LogP contribution in [0.2, 0.25) is 5.02 Å². The number of benzene rings is 1. The molecule has 4 heteroatoms. The van der Waals surface area contributed by atoms with Crippen LogP contribution in [0.25, 0.3) is 0 Å². The third kappa shape index (κ3) is 4.13. The SMILES string of the molecule is CC1CCCCC1NC(=O)NCc1ccccc1Cl. The van der Waals surface area contributed by atoms with E-state index in [0.29, 0.717) is 23.5 Å². The van der Waals surface area contributed by atoms with Gasteiger partial charge in [-0.05, 0) is 30.4 Å². The van der Waals surface area contributed by atoms with Crippen LogP contribution in [-0.2, 0) is 6.54 Å². The summed E-state index contributed by atoms with van der Waals surface area (Å²) in [6, 6.07) is 7.77. The van der Waals surface area contributed by atoms with E-state index >= 15 is 0 Å². The lowest BCUT2D eigenvalue weighted by Crippen LogP contribution is -2.45. The van der Waals surface area contributed by atoms with E-state index in [1.54, 1.807) is 0 Å². The van der Waals surface area contributed by atoms with Gasteiger partial charge in [-0.2, -0.15) is 0 Å². The fraction of sp³-hybridized carbons (Fsp3) is 0.533. The second-order valence-corrected chi connectivity index (χ2v) is 5.69. The van der Waals surface area contributed by atoms with Crippen molar-refractivity contribution in [2.75, 3.05) is 0 Å². The molecule has 1 fully saturated rings. The van der Waals surface area contributed by atoms with E-state index in [2.05, 4.69) is 17.6 Å². The first-order valence-electron chi connectivity index (χ1n) is 6.94. The van der Waals surface area contributed by atoms with Gasteiger partial charge in [-0.15, -0.1) is 0 Å². The average Bonchev–Trinajstić information content (AvgIpc) is 2.40. The maximum atomic E-state index is 11.9. The van der Waals surface area contributed by atoms with Crippen LogP contribution in [0.15, 0.2) is 24.3 Å². The number of nitrogens with one attached hydrogen (secondary N) is 2. The first kappa shape index (κ1) is 14.2. The van der Waals surface area contributed by atoms with Crippen molar-refractivity contribution in [3.8, 4) is 0 Å². The van der Waals surface area contributed by atoms with Gasteiger partial charge in [0.2, 0.25) is 0 Å². The molecule has 0 saturated heterocycles. The summed E-state index contributed by atoms with van der Waals surface area (Å²) in [6.07, 6.45) is 4.77. The molecule has 19 heavy (non-hydrogen) atoms. The second-order valence-electron chi connectivity index (χ2n) is 5.29. The third-order valence-electron chi connectivity index (χ3n) is 3.83. The van der Waals surface area contributed by atoms with Crippen molar-refractivity contribution in [2.45, 2.75) is 45.2 Å². The van der Waals surface area contributed by atoms with Gasteiger partial charge >= 0.3 is 6.03 Å². The highest BCUT2D eigenvalue weighted by atomic mass is 35.5. The van der Waals surface area contributed by atoms with Crippen LogP contribution in [0, 0.1) is 5.92 Å². The number of carbonyl (C=O) groups is 1. The summed E-state index contributed by atoms with van der Waals surface area (Å²) in [5, 5.41) is 6.63. The quantitative estimate of drug-likeness (QED) is 0.870. The molecule has 1 aromatic carbocycles. The highest BCUT2D eigenvalue weighted by Crippen LogP contribution is 2.23. The van der Waals surface area contributed by atoms with Crippen LogP contribution in [0.3, 0.4) is 0 Å². The summed E-state index contributed by atoms with van der Waals surface area (Å²) in [4.78, 5) is 11.9. The number of hydrogen-bond donors (Lipinski definition) is 2. The molecule has 2 rings (SSSR count). The molecule has 0 aliphatic heterocycles. The minimum atomic E-state index is -0.0985. The molecule has 0 heterocycles. The molecule has 2 unspecified atom stereocenters. The molecule has 0 aromatic heterocycles. The second kappa shape index (κ2) is 6.80. The Bertz CT molecular complexity index is 436. The number of carbonyl (C=O) groups excluding carboxylic acids is 1. The van der Waals surface area contributed by atoms with E-state index in [4.69, 9.17) is 11.6 Å². The molecule has 3 nitrogen and oxygen atoms in total. The van der Waals surface area contributed by atoms with Gasteiger partial charge in [-0.3, -0.25) is 0 Å². The van der Waals surface area contributed by atoms with E-state index < -0.39 is 0 Å². The highest BCUT2D eigenvalue weighted by molar-refractivity contribution is 6.31. The Kier molecular flexibility index (Phi) is 5.08. The number of hydrogen-bond acceptors (Lipinski definition) is 1. The van der Waals surface area contributed by atoms with Gasteiger partial charge in [0.1, 0.15) is 0 Å². The lowest BCUT2D eigenvalue weighted by molar-refractivity contribution is 0.221. The average molecular weight is 281 g/mol. The molecular weight excluding hydrogens is 260 g/mol. The molecule has 0 spiro atoms. The zero-order valence-electron chi connectivity index (χ0n) is 11.3. The fourth-order valence-corrected chi connectivity index (χ4v) is 2.77. The summed E-state index contributed by atoms with van der Waals surface area (Å²) in [6.45, 7) is 2.67. The Morgan fingerprint density at radius 1 is 1.32 bits per heavy atom. The maximum absolute atomic E-state index is 11.9. The first-order chi connectivity index (χ1) is 9.16. The molecule has 1 saturated carbocycles. The van der Waals surface area contributed by atoms with Crippen molar-refractivity contribution in [3.63, 3.8) is 0 Å². The number of urea groups is 1. The van der Waals surface area contributed by atoms with Crippen molar-refractivity contribution in [1.82, 2.24) is 10.6 Å². The number of rotatable bonds is 3. The predicted molar refractivity (Wildman–Crippen MR) is 78.2 cm³/mol. The predicted octanol–water partition coefficient (Wildman–Crippen LogP) is 3.72. The summed E-state index contributed by atoms with van der Waals surface area (Å²) in [7, 11) is 0. The number of amides is 2. The molecule has 0 radical (unpaired) electrons. The van der Waals surface area contributed by atoms with Gasteiger partial charge < -0.3 is 10.6 Å². The summed E-state index contributed by atoms with van der Waals surface area (Å²) in [5.41, 5.74) is 0.941. The zero-order valence-corrected chi connectivity index (χ0v) is 12.0. The molecule has 1 aromatic rings. The van der Waals surface area contributed by atoms with E-state index in [0.717, 1.165) is 12.0 Å². The lowest BCUT2D eigenvalue weighted by atomic mass is 9.86. The summed E-state index contributed by atoms with van der Waals surface area (Å²) >= 11 is 6.05. The maximum Gasteiger partial charge on any atom is 0.315 e. The van der Waals surface area contributed by atoms with Crippen LogP contribution in [0.4, 0.5) is 4.79 Å². The van der Waals surface area contributed by atoms with Gasteiger partial charge in [-0.1, -0.05) is 49.6 Å². The van der Waals surface area contributed by atoms with Crippen LogP contribution >= 0.6 is 11.6 Å². The van der Waals surface area contributed by atoms with Crippen molar-refractivity contribution in [3.05, 3.63) is 34.9 Å². The first-order valence-corrected chi connectivity index (χ1v) is 7.32. The van der Waals surface area contributed by atoms with Crippen LogP contribution in [0.1, 0.15) is 38.2 Å². The third-order valence-corrected chi connectivity index (χ3v) is 4.19. The minimum Gasteiger partial charge on any atom is -0.335 e. The largest absolute Gasteiger partial charge is 0.335 e. The van der Waals surface area contributed by atoms with Gasteiger partial charge in [0.05, 0.1) is 0 Å². The van der Waals surface area contributed by atoms with Crippen LogP contribution in [0.5, 0.6) is 0 Å². The summed E-state index contributed by atoms with van der Waals surface area (Å²) < 4.78 is 0. The minimum absolute atomic E-state index is 0.0985. The molecule has 104 valence electrons. The molecule has 2 amide bonds. The normalized spacial score (nSPS) is 22.8. The Labute approximate surface area is 119 Å². The number of halogens is 1. The molecule has 0 bridgehead atoms. The van der Waals surface area contributed by atoms with Crippen molar-refractivity contribution in [2.24, 2.45) is 5.92 Å². The molecule has 2 N–H and O–H groups in total. The zero-order chi connectivity index (χ0) is 13.7. The smallest absolute Gasteiger partial charge is 0.315 e. The van der Waals surface area contributed by atoms with E-state index in [-0.39, 0.29) is 6.03 Å². The highest BCUT2D eigenvalue weighted by Gasteiger charge is 2.22. The Balaban J connectivity index is 1.80. The Morgan fingerprint density at radius 2 is 2.05 bits per heavy atom. The van der Waals surface area contributed by atoms with Gasteiger partial charge in [0.15, 0.2) is 0 Å². The fourth-order valence-electron chi connectivity index (χ4n) is 2.57.